The molecule has 1 aliphatic rings. The molecule has 0 bridgehead atoms. The van der Waals surface area contributed by atoms with Crippen molar-refractivity contribution in [3.8, 4) is 0 Å². The first kappa shape index (κ1) is 10.1. The number of amides is 1. The fourth-order valence-corrected chi connectivity index (χ4v) is 1.18. The van der Waals surface area contributed by atoms with Crippen LogP contribution in [0.1, 0.15) is 12.8 Å². The van der Waals surface area contributed by atoms with Gasteiger partial charge in [-0.25, -0.2) is 4.79 Å². The maximum Gasteiger partial charge on any atom is 0.329 e. The summed E-state index contributed by atoms with van der Waals surface area (Å²) in [5.74, 6) is -1.28. The molecule has 1 aliphatic carbocycles. The molecule has 0 aromatic rings. The molecule has 0 saturated heterocycles. The van der Waals surface area contributed by atoms with E-state index in [0.29, 0.717) is 12.8 Å². The number of hydrogen-bond acceptors (Lipinski definition) is 3. The number of carbonyl (C=O) groups is 2. The highest BCUT2D eigenvalue weighted by molar-refractivity contribution is 8.01. The van der Waals surface area contributed by atoms with Gasteiger partial charge < -0.3 is 10.4 Å². The molecule has 0 atom stereocenters. The predicted octanol–water partition coefficient (Wildman–Crippen LogP) is 0.596. The van der Waals surface area contributed by atoms with E-state index in [1.807, 2.05) is 6.26 Å². The van der Waals surface area contributed by atoms with Crippen LogP contribution in [0.5, 0.6) is 0 Å². The average molecular weight is 201 g/mol. The molecule has 0 heterocycles. The molecule has 0 aromatic carbocycles. The van der Waals surface area contributed by atoms with Crippen molar-refractivity contribution in [1.82, 2.24) is 5.32 Å². The van der Waals surface area contributed by atoms with Crippen molar-refractivity contribution in [2.45, 2.75) is 18.4 Å². The summed E-state index contributed by atoms with van der Waals surface area (Å²) in [7, 11) is 0. The van der Waals surface area contributed by atoms with Gasteiger partial charge in [0.1, 0.15) is 5.54 Å². The number of carboxylic acid groups (broad SMARTS) is 1. The maximum atomic E-state index is 11.1. The van der Waals surface area contributed by atoms with Crippen LogP contribution in [0.15, 0.2) is 11.5 Å². The Labute approximate surface area is 80.4 Å². The quantitative estimate of drug-likeness (QED) is 0.653. The fraction of sp³-hybridized carbons (Fsp3) is 0.500. The summed E-state index contributed by atoms with van der Waals surface area (Å²) in [6.07, 6.45) is 4.23. The Morgan fingerprint density at radius 1 is 1.54 bits per heavy atom. The molecule has 0 aromatic heterocycles. The second-order valence-electron chi connectivity index (χ2n) is 2.91. The van der Waals surface area contributed by atoms with E-state index >= 15 is 0 Å². The smallest absolute Gasteiger partial charge is 0.329 e. The molecule has 0 unspecified atom stereocenters. The molecule has 2 N–H and O–H groups in total. The van der Waals surface area contributed by atoms with E-state index in [0.717, 1.165) is 0 Å². The van der Waals surface area contributed by atoms with Gasteiger partial charge in [-0.05, 0) is 24.5 Å². The molecule has 13 heavy (non-hydrogen) atoms. The Kier molecular flexibility index (Phi) is 2.98. The molecule has 0 aliphatic heterocycles. The zero-order valence-corrected chi connectivity index (χ0v) is 8.06. The molecule has 5 heteroatoms. The van der Waals surface area contributed by atoms with Gasteiger partial charge in [-0.15, -0.1) is 11.8 Å². The highest BCUT2D eigenvalue weighted by atomic mass is 32.2. The fourth-order valence-electron chi connectivity index (χ4n) is 0.925. The molecular weight excluding hydrogens is 190 g/mol. The van der Waals surface area contributed by atoms with E-state index in [1.54, 1.807) is 5.41 Å². The largest absolute Gasteiger partial charge is 0.480 e. The Bertz CT molecular complexity index is 258. The molecule has 1 rings (SSSR count). The van der Waals surface area contributed by atoms with E-state index in [1.165, 1.54) is 17.8 Å². The van der Waals surface area contributed by atoms with Crippen LogP contribution in [-0.4, -0.2) is 28.8 Å². The lowest BCUT2D eigenvalue weighted by Crippen LogP contribution is -2.42. The average Bonchev–Trinajstić information content (AvgIpc) is 2.82. The zero-order valence-electron chi connectivity index (χ0n) is 7.24. The van der Waals surface area contributed by atoms with Gasteiger partial charge in [0.25, 0.3) is 0 Å². The second kappa shape index (κ2) is 3.83. The molecule has 1 fully saturated rings. The van der Waals surface area contributed by atoms with Crippen molar-refractivity contribution in [3.05, 3.63) is 11.5 Å². The monoisotopic (exact) mass is 201 g/mol. The van der Waals surface area contributed by atoms with Gasteiger partial charge >= 0.3 is 5.97 Å². The normalized spacial score (nSPS) is 18.5. The van der Waals surface area contributed by atoms with Crippen LogP contribution in [0, 0.1) is 0 Å². The summed E-state index contributed by atoms with van der Waals surface area (Å²) in [4.78, 5) is 21.7. The lowest BCUT2D eigenvalue weighted by molar-refractivity contribution is -0.142. The number of rotatable bonds is 4. The molecule has 4 nitrogen and oxygen atoms in total. The van der Waals surface area contributed by atoms with Gasteiger partial charge in [-0.1, -0.05) is 0 Å². The van der Waals surface area contributed by atoms with Crippen molar-refractivity contribution in [2.24, 2.45) is 0 Å². The number of hydrogen-bond donors (Lipinski definition) is 2. The van der Waals surface area contributed by atoms with Gasteiger partial charge in [0.05, 0.1) is 0 Å². The van der Waals surface area contributed by atoms with Crippen molar-refractivity contribution in [3.63, 3.8) is 0 Å². The van der Waals surface area contributed by atoms with Crippen LogP contribution >= 0.6 is 11.8 Å². The molecule has 1 amide bonds. The summed E-state index contributed by atoms with van der Waals surface area (Å²) in [5.41, 5.74) is -0.972. The minimum atomic E-state index is -0.972. The minimum Gasteiger partial charge on any atom is -0.480 e. The van der Waals surface area contributed by atoms with E-state index in [2.05, 4.69) is 5.32 Å². The van der Waals surface area contributed by atoms with E-state index in [4.69, 9.17) is 5.11 Å². The minimum absolute atomic E-state index is 0.339. The number of carbonyl (C=O) groups excluding carboxylic acids is 1. The lowest BCUT2D eigenvalue weighted by Gasteiger charge is -2.09. The first-order valence-corrected chi connectivity index (χ1v) is 5.14. The Balaban J connectivity index is 2.45. The molecule has 0 spiro atoms. The van der Waals surface area contributed by atoms with E-state index < -0.39 is 11.5 Å². The highest BCUT2D eigenvalue weighted by Gasteiger charge is 2.51. The molecule has 0 radical (unpaired) electrons. The number of carboxylic acids is 1. The predicted molar refractivity (Wildman–Crippen MR) is 50.4 cm³/mol. The highest BCUT2D eigenvalue weighted by Crippen LogP contribution is 2.35. The Hall–Kier alpha value is -0.970. The van der Waals surface area contributed by atoms with Crippen molar-refractivity contribution in [1.29, 1.82) is 0 Å². The van der Waals surface area contributed by atoms with Crippen LogP contribution in [0.25, 0.3) is 0 Å². The van der Waals surface area contributed by atoms with Gasteiger partial charge in [-0.2, -0.15) is 0 Å². The topological polar surface area (TPSA) is 66.4 Å². The Morgan fingerprint density at radius 3 is 2.54 bits per heavy atom. The summed E-state index contributed by atoms with van der Waals surface area (Å²) in [5, 5.41) is 12.8. The van der Waals surface area contributed by atoms with Gasteiger partial charge in [0.2, 0.25) is 5.91 Å². The lowest BCUT2D eigenvalue weighted by atomic mass is 10.3. The molecular formula is C8H11NO3S. The van der Waals surface area contributed by atoms with Crippen molar-refractivity contribution >= 4 is 23.6 Å². The number of aliphatic carboxylic acids is 1. The van der Waals surface area contributed by atoms with Gasteiger partial charge in [0, 0.05) is 6.08 Å². The second-order valence-corrected chi connectivity index (χ2v) is 3.66. The zero-order chi connectivity index (χ0) is 9.90. The molecule has 72 valence electrons. The van der Waals surface area contributed by atoms with E-state index in [-0.39, 0.29) is 5.91 Å². The first-order chi connectivity index (χ1) is 6.10. The van der Waals surface area contributed by atoms with E-state index in [9.17, 15) is 9.59 Å². The standard InChI is InChI=1S/C8H11NO3S/c1-13-5-2-6(10)9-8(3-4-8)7(11)12/h2,5H,3-4H2,1H3,(H,9,10)(H,11,12)/b5-2+. The van der Waals surface area contributed by atoms with Crippen LogP contribution in [0.3, 0.4) is 0 Å². The van der Waals surface area contributed by atoms with Crippen LogP contribution in [-0.2, 0) is 9.59 Å². The summed E-state index contributed by atoms with van der Waals surface area (Å²) >= 11 is 1.40. The van der Waals surface area contributed by atoms with Crippen molar-refractivity contribution < 1.29 is 14.7 Å². The van der Waals surface area contributed by atoms with Crippen molar-refractivity contribution in [2.75, 3.05) is 6.26 Å². The summed E-state index contributed by atoms with van der Waals surface area (Å²) < 4.78 is 0. The van der Waals surface area contributed by atoms with Crippen LogP contribution in [0.2, 0.25) is 0 Å². The third-order valence-electron chi connectivity index (χ3n) is 1.88. The summed E-state index contributed by atoms with van der Waals surface area (Å²) in [6, 6.07) is 0. The van der Waals surface area contributed by atoms with Gasteiger partial charge in [0.15, 0.2) is 0 Å². The number of nitrogens with one attached hydrogen (secondary N) is 1. The third kappa shape index (κ3) is 2.48. The summed E-state index contributed by atoms with van der Waals surface area (Å²) in [6.45, 7) is 0. The van der Waals surface area contributed by atoms with Crippen LogP contribution < -0.4 is 5.32 Å². The van der Waals surface area contributed by atoms with Crippen LogP contribution in [0.4, 0.5) is 0 Å². The first-order valence-electron chi connectivity index (χ1n) is 3.85. The maximum absolute atomic E-state index is 11.1. The number of thioether (sulfide) groups is 1. The molecule has 1 saturated carbocycles. The SMILES string of the molecule is CS/C=C/C(=O)NC1(C(=O)O)CC1. The van der Waals surface area contributed by atoms with Gasteiger partial charge in [-0.3, -0.25) is 4.79 Å². The third-order valence-corrected chi connectivity index (χ3v) is 2.29. The Morgan fingerprint density at radius 2 is 2.15 bits per heavy atom.